The number of para-hydroxylation sites is 1. The second-order valence-corrected chi connectivity index (χ2v) is 9.37. The first-order valence-electron chi connectivity index (χ1n) is 10.3. The summed E-state index contributed by atoms with van der Waals surface area (Å²) in [6, 6.07) is 18.5. The van der Waals surface area contributed by atoms with E-state index in [1.54, 1.807) is 0 Å². The van der Waals surface area contributed by atoms with Crippen LogP contribution in [-0.2, 0) is 10.0 Å². The standard InChI is InChI=1S/C23H26N4O4S/c1-24-32(30,31)23-12-15(6-9-21(23)28)22(29)14-25-10-11-26-16-7-8-18-17-4-2-3-5-19(17)27-20(18)13-16/h2-9,12-13,22,24-29H,10-11,14H2,1H3. The van der Waals surface area contributed by atoms with Gasteiger partial charge in [-0.1, -0.05) is 30.3 Å². The minimum atomic E-state index is -3.81. The van der Waals surface area contributed by atoms with Gasteiger partial charge < -0.3 is 25.8 Å². The summed E-state index contributed by atoms with van der Waals surface area (Å²) in [6.45, 7) is 1.49. The number of rotatable bonds is 9. The van der Waals surface area contributed by atoms with Crippen molar-refractivity contribution in [1.82, 2.24) is 15.0 Å². The van der Waals surface area contributed by atoms with Gasteiger partial charge in [0.15, 0.2) is 0 Å². The molecular formula is C23H26N4O4S. The van der Waals surface area contributed by atoms with Gasteiger partial charge in [-0.2, -0.15) is 0 Å². The molecule has 32 heavy (non-hydrogen) atoms. The number of aromatic hydroxyl groups is 1. The molecule has 8 nitrogen and oxygen atoms in total. The summed E-state index contributed by atoms with van der Waals surface area (Å²) in [4.78, 5) is 3.16. The topological polar surface area (TPSA) is 126 Å². The van der Waals surface area contributed by atoms with Gasteiger partial charge in [0.2, 0.25) is 10.0 Å². The number of phenols is 1. The highest BCUT2D eigenvalue weighted by Crippen LogP contribution is 2.28. The molecule has 9 heteroatoms. The number of hydrogen-bond acceptors (Lipinski definition) is 6. The van der Waals surface area contributed by atoms with E-state index in [0.29, 0.717) is 18.7 Å². The Labute approximate surface area is 186 Å². The Hall–Kier alpha value is -3.11. The third kappa shape index (κ3) is 4.56. The molecule has 168 valence electrons. The van der Waals surface area contributed by atoms with Gasteiger partial charge in [0.1, 0.15) is 10.6 Å². The average molecular weight is 455 g/mol. The van der Waals surface area contributed by atoms with Crippen LogP contribution in [-0.4, -0.2) is 50.3 Å². The first-order valence-corrected chi connectivity index (χ1v) is 11.8. The molecule has 0 saturated heterocycles. The van der Waals surface area contributed by atoms with E-state index < -0.39 is 16.1 Å². The van der Waals surface area contributed by atoms with Crippen molar-refractivity contribution < 1.29 is 18.6 Å². The molecule has 0 radical (unpaired) electrons. The fourth-order valence-electron chi connectivity index (χ4n) is 3.68. The zero-order valence-corrected chi connectivity index (χ0v) is 18.4. The van der Waals surface area contributed by atoms with E-state index in [1.165, 1.54) is 36.0 Å². The van der Waals surface area contributed by atoms with E-state index in [4.69, 9.17) is 0 Å². The van der Waals surface area contributed by atoms with Crippen molar-refractivity contribution in [2.45, 2.75) is 11.0 Å². The number of H-pyrrole nitrogens is 1. The molecule has 0 spiro atoms. The van der Waals surface area contributed by atoms with Crippen LogP contribution in [0.25, 0.3) is 21.8 Å². The van der Waals surface area contributed by atoms with Crippen molar-refractivity contribution >= 4 is 37.5 Å². The highest BCUT2D eigenvalue weighted by Gasteiger charge is 2.19. The molecule has 1 aromatic heterocycles. The molecule has 0 aliphatic heterocycles. The van der Waals surface area contributed by atoms with Crippen LogP contribution in [0.15, 0.2) is 65.6 Å². The number of anilines is 1. The molecule has 0 aliphatic carbocycles. The molecule has 0 amide bonds. The lowest BCUT2D eigenvalue weighted by Gasteiger charge is -2.15. The van der Waals surface area contributed by atoms with Crippen LogP contribution < -0.4 is 15.4 Å². The molecule has 0 bridgehead atoms. The second kappa shape index (κ2) is 9.17. The highest BCUT2D eigenvalue weighted by atomic mass is 32.2. The van der Waals surface area contributed by atoms with E-state index in [1.807, 2.05) is 18.2 Å². The number of hydrogen-bond donors (Lipinski definition) is 6. The van der Waals surface area contributed by atoms with Gasteiger partial charge in [-0.25, -0.2) is 13.1 Å². The summed E-state index contributed by atoms with van der Waals surface area (Å²) in [5, 5.41) is 29.1. The summed E-state index contributed by atoms with van der Waals surface area (Å²) >= 11 is 0. The van der Waals surface area contributed by atoms with Gasteiger partial charge in [0, 0.05) is 47.1 Å². The van der Waals surface area contributed by atoms with Crippen LogP contribution >= 0.6 is 0 Å². The highest BCUT2D eigenvalue weighted by molar-refractivity contribution is 7.89. The fourth-order valence-corrected chi connectivity index (χ4v) is 4.53. The summed E-state index contributed by atoms with van der Waals surface area (Å²) < 4.78 is 26.1. The lowest BCUT2D eigenvalue weighted by Crippen LogP contribution is -2.27. The predicted octanol–water partition coefficient (Wildman–Crippen LogP) is 2.67. The number of fused-ring (bicyclic) bond motifs is 3. The molecule has 0 aliphatic rings. The first kappa shape index (κ1) is 22.1. The van der Waals surface area contributed by atoms with Crippen LogP contribution in [0.4, 0.5) is 5.69 Å². The zero-order chi connectivity index (χ0) is 22.7. The molecule has 1 atom stereocenters. The number of phenolic OH excluding ortho intramolecular Hbond substituents is 1. The SMILES string of the molecule is CNS(=O)(=O)c1cc(C(O)CNCCNc2ccc3c(c2)[nH]c2ccccc23)ccc1O. The summed E-state index contributed by atoms with van der Waals surface area (Å²) in [5.74, 6) is -0.362. The Morgan fingerprint density at radius 2 is 1.75 bits per heavy atom. The Bertz CT molecular complexity index is 1350. The number of nitrogens with one attached hydrogen (secondary N) is 4. The quantitative estimate of drug-likeness (QED) is 0.216. The number of aromatic amines is 1. The van der Waals surface area contributed by atoms with Crippen LogP contribution in [0.3, 0.4) is 0 Å². The zero-order valence-electron chi connectivity index (χ0n) is 17.6. The van der Waals surface area contributed by atoms with Gasteiger partial charge in [-0.3, -0.25) is 0 Å². The minimum Gasteiger partial charge on any atom is -0.507 e. The molecule has 0 fully saturated rings. The molecular weight excluding hydrogens is 428 g/mol. The van der Waals surface area contributed by atoms with Crippen LogP contribution in [0.1, 0.15) is 11.7 Å². The Morgan fingerprint density at radius 3 is 2.56 bits per heavy atom. The number of benzene rings is 3. The van der Waals surface area contributed by atoms with Gasteiger partial charge in [-0.15, -0.1) is 0 Å². The van der Waals surface area contributed by atoms with Crippen molar-refractivity contribution in [1.29, 1.82) is 0 Å². The summed E-state index contributed by atoms with van der Waals surface area (Å²) in [5.41, 5.74) is 3.57. The van der Waals surface area contributed by atoms with E-state index in [9.17, 15) is 18.6 Å². The van der Waals surface area contributed by atoms with Crippen molar-refractivity contribution in [2.75, 3.05) is 32.0 Å². The van der Waals surface area contributed by atoms with E-state index in [2.05, 4.69) is 44.6 Å². The predicted molar refractivity (Wildman–Crippen MR) is 126 cm³/mol. The van der Waals surface area contributed by atoms with Crippen LogP contribution in [0.2, 0.25) is 0 Å². The van der Waals surface area contributed by atoms with Gasteiger partial charge in [0.05, 0.1) is 6.10 Å². The van der Waals surface area contributed by atoms with E-state index in [0.717, 1.165) is 16.7 Å². The third-order valence-electron chi connectivity index (χ3n) is 5.40. The molecule has 6 N–H and O–H groups in total. The maximum Gasteiger partial charge on any atom is 0.243 e. The smallest absolute Gasteiger partial charge is 0.243 e. The van der Waals surface area contributed by atoms with Gasteiger partial charge >= 0.3 is 0 Å². The number of aliphatic hydroxyl groups excluding tert-OH is 1. The van der Waals surface area contributed by atoms with Crippen LogP contribution in [0.5, 0.6) is 5.75 Å². The molecule has 4 aromatic rings. The van der Waals surface area contributed by atoms with Gasteiger partial charge in [0.25, 0.3) is 0 Å². The number of aromatic nitrogens is 1. The van der Waals surface area contributed by atoms with Crippen molar-refractivity contribution in [3.8, 4) is 5.75 Å². The normalized spacial score (nSPS) is 12.9. The van der Waals surface area contributed by atoms with Crippen molar-refractivity contribution in [2.24, 2.45) is 0 Å². The van der Waals surface area contributed by atoms with E-state index >= 15 is 0 Å². The summed E-state index contributed by atoms with van der Waals surface area (Å²) in [7, 11) is -2.55. The molecule has 1 unspecified atom stereocenters. The maximum absolute atomic E-state index is 12.0. The molecule has 3 aromatic carbocycles. The maximum atomic E-state index is 12.0. The number of sulfonamides is 1. The van der Waals surface area contributed by atoms with E-state index in [-0.39, 0.29) is 17.2 Å². The van der Waals surface area contributed by atoms with Crippen LogP contribution in [0, 0.1) is 0 Å². The van der Waals surface area contributed by atoms with Crippen molar-refractivity contribution in [3.63, 3.8) is 0 Å². The molecule has 0 saturated carbocycles. The molecule has 4 rings (SSSR count). The Balaban J connectivity index is 1.31. The van der Waals surface area contributed by atoms with Crippen molar-refractivity contribution in [3.05, 3.63) is 66.2 Å². The monoisotopic (exact) mass is 454 g/mol. The third-order valence-corrected chi connectivity index (χ3v) is 6.85. The Kier molecular flexibility index (Phi) is 6.33. The lowest BCUT2D eigenvalue weighted by molar-refractivity contribution is 0.175. The fraction of sp³-hybridized carbons (Fsp3) is 0.217. The largest absolute Gasteiger partial charge is 0.507 e. The second-order valence-electron chi connectivity index (χ2n) is 7.51. The average Bonchev–Trinajstić information content (AvgIpc) is 3.16. The first-order chi connectivity index (χ1) is 15.4. The minimum absolute atomic E-state index is 0.243. The molecule has 1 heterocycles. The number of aliphatic hydroxyl groups is 1. The lowest BCUT2D eigenvalue weighted by atomic mass is 10.1. The Morgan fingerprint density at radius 1 is 0.969 bits per heavy atom. The van der Waals surface area contributed by atoms with Gasteiger partial charge in [-0.05, 0) is 42.9 Å². The summed E-state index contributed by atoms with van der Waals surface area (Å²) in [6.07, 6.45) is -0.913.